The van der Waals surface area contributed by atoms with Gasteiger partial charge in [0.25, 0.3) is 11.5 Å². The van der Waals surface area contributed by atoms with E-state index in [2.05, 4.69) is 32.3 Å². The van der Waals surface area contributed by atoms with Crippen LogP contribution in [0.2, 0.25) is 0 Å². The highest BCUT2D eigenvalue weighted by molar-refractivity contribution is 6.01. The van der Waals surface area contributed by atoms with E-state index in [0.29, 0.717) is 51.3 Å². The average molecular weight is 543 g/mol. The summed E-state index contributed by atoms with van der Waals surface area (Å²) in [6, 6.07) is 15.9. The summed E-state index contributed by atoms with van der Waals surface area (Å²) in [4.78, 5) is 37.2. The fourth-order valence-corrected chi connectivity index (χ4v) is 4.88. The van der Waals surface area contributed by atoms with Crippen molar-refractivity contribution in [2.24, 2.45) is 7.05 Å². The molecule has 4 heterocycles. The summed E-state index contributed by atoms with van der Waals surface area (Å²) in [6.45, 7) is 3.71. The van der Waals surface area contributed by atoms with Crippen molar-refractivity contribution in [3.63, 3.8) is 0 Å². The largest absolute Gasteiger partial charge is 0.342 e. The Balaban J connectivity index is 1.50. The molecule has 0 fully saturated rings. The molecule has 1 N–H and O–H groups in total. The van der Waals surface area contributed by atoms with Gasteiger partial charge in [-0.2, -0.15) is 10.2 Å². The van der Waals surface area contributed by atoms with Gasteiger partial charge in [0.05, 0.1) is 40.1 Å². The molecule has 0 unspecified atom stereocenters. The van der Waals surface area contributed by atoms with Crippen LogP contribution in [0.1, 0.15) is 52.4 Å². The number of carbonyl (C=O) groups excluding carboxylic acids is 1. The smallest absolute Gasteiger partial charge is 0.267 e. The molecule has 41 heavy (non-hydrogen) atoms. The zero-order valence-electron chi connectivity index (χ0n) is 22.7. The lowest BCUT2D eigenvalue weighted by Gasteiger charge is -2.22. The van der Waals surface area contributed by atoms with Gasteiger partial charge >= 0.3 is 0 Å². The van der Waals surface area contributed by atoms with Crippen molar-refractivity contribution in [1.82, 2.24) is 39.2 Å². The third kappa shape index (κ3) is 4.74. The number of nitrogens with zero attached hydrogens (tertiary/aromatic N) is 7. The molecule has 1 amide bonds. The zero-order valence-corrected chi connectivity index (χ0v) is 22.7. The predicted octanol–water partition coefficient (Wildman–Crippen LogP) is 3.75. The summed E-state index contributed by atoms with van der Waals surface area (Å²) in [7, 11) is 1.82. The van der Waals surface area contributed by atoms with Crippen LogP contribution in [0.3, 0.4) is 0 Å². The summed E-state index contributed by atoms with van der Waals surface area (Å²) in [5, 5.41) is 12.1. The second-order valence-corrected chi connectivity index (χ2v) is 9.58. The lowest BCUT2D eigenvalue weighted by molar-refractivity contribution is 0.0934. The maximum atomic E-state index is 14.3. The monoisotopic (exact) mass is 542 g/mol. The first kappa shape index (κ1) is 25.7. The van der Waals surface area contributed by atoms with E-state index in [9.17, 15) is 9.59 Å². The van der Waals surface area contributed by atoms with E-state index < -0.39 is 6.04 Å². The number of aryl methyl sites for hydroxylation is 2. The van der Waals surface area contributed by atoms with Gasteiger partial charge in [0.2, 0.25) is 0 Å². The molecule has 0 spiro atoms. The van der Waals surface area contributed by atoms with Gasteiger partial charge in [-0.3, -0.25) is 18.8 Å². The molecule has 0 aliphatic rings. The van der Waals surface area contributed by atoms with Crippen LogP contribution in [0.15, 0.2) is 84.2 Å². The summed E-state index contributed by atoms with van der Waals surface area (Å²) in [6.07, 6.45) is 7.34. The quantitative estimate of drug-likeness (QED) is 0.332. The van der Waals surface area contributed by atoms with Gasteiger partial charge in [-0.15, -0.1) is 0 Å². The summed E-state index contributed by atoms with van der Waals surface area (Å²) in [5.74, 6) is 6.30. The number of rotatable bonds is 5. The van der Waals surface area contributed by atoms with E-state index in [1.165, 1.54) is 0 Å². The molecular weight excluding hydrogens is 516 g/mol. The zero-order chi connectivity index (χ0) is 28.5. The highest BCUT2D eigenvalue weighted by Gasteiger charge is 2.26. The Kier molecular flexibility index (Phi) is 6.61. The van der Waals surface area contributed by atoms with Gasteiger partial charge in [-0.05, 0) is 43.7 Å². The highest BCUT2D eigenvalue weighted by atomic mass is 16.2. The maximum absolute atomic E-state index is 14.3. The first-order valence-electron chi connectivity index (χ1n) is 13.2. The number of hydrogen-bond acceptors (Lipinski definition) is 6. The van der Waals surface area contributed by atoms with Crippen LogP contribution in [0.25, 0.3) is 22.2 Å². The lowest BCUT2D eigenvalue weighted by atomic mass is 10.1. The molecule has 0 saturated heterocycles. The molecule has 6 aromatic rings. The van der Waals surface area contributed by atoms with E-state index in [4.69, 9.17) is 4.98 Å². The Hall–Kier alpha value is -5.56. The van der Waals surface area contributed by atoms with Crippen LogP contribution in [0.4, 0.5) is 0 Å². The first-order chi connectivity index (χ1) is 19.9. The fraction of sp³-hybridized carbons (Fsp3) is 0.161. The number of para-hydroxylation sites is 1. The second-order valence-electron chi connectivity index (χ2n) is 9.58. The summed E-state index contributed by atoms with van der Waals surface area (Å²) in [5.41, 5.74) is 3.56. The van der Waals surface area contributed by atoms with E-state index in [1.807, 2.05) is 62.6 Å². The van der Waals surface area contributed by atoms with E-state index >= 15 is 0 Å². The van der Waals surface area contributed by atoms with Crippen molar-refractivity contribution in [3.8, 4) is 17.5 Å². The molecule has 0 radical (unpaired) electrons. The Morgan fingerprint density at radius 3 is 2.66 bits per heavy atom. The third-order valence-corrected chi connectivity index (χ3v) is 6.81. The molecule has 202 valence electrons. The standard InChI is InChI=1S/C31H26N8O2/c1-4-24(35-30(40)26-20(2)36-38-17-9-16-32-29(26)38)28-34-25-13-8-10-22(15-14-21-18-33-37(3)19-21)27(25)31(41)39(28)23-11-6-5-7-12-23/h5-13,16-19,24H,4H2,1-3H3,(H,35,40)/t24-/m1/s1. The molecule has 10 heteroatoms. The lowest BCUT2D eigenvalue weighted by Crippen LogP contribution is -2.34. The minimum Gasteiger partial charge on any atom is -0.342 e. The molecule has 1 atom stereocenters. The van der Waals surface area contributed by atoms with Gasteiger partial charge < -0.3 is 5.32 Å². The van der Waals surface area contributed by atoms with Crippen molar-refractivity contribution in [2.45, 2.75) is 26.3 Å². The molecule has 2 aromatic carbocycles. The van der Waals surface area contributed by atoms with Crippen LogP contribution < -0.4 is 10.9 Å². The highest BCUT2D eigenvalue weighted by Crippen LogP contribution is 2.23. The number of nitrogens with one attached hydrogen (secondary N) is 1. The van der Waals surface area contributed by atoms with Crippen LogP contribution in [0, 0.1) is 18.8 Å². The van der Waals surface area contributed by atoms with Crippen LogP contribution in [-0.2, 0) is 7.05 Å². The van der Waals surface area contributed by atoms with Crippen LogP contribution in [-0.4, -0.2) is 39.8 Å². The van der Waals surface area contributed by atoms with Crippen molar-refractivity contribution >= 4 is 22.5 Å². The molecule has 4 aromatic heterocycles. The number of benzene rings is 2. The number of hydrogen-bond donors (Lipinski definition) is 1. The minimum absolute atomic E-state index is 0.270. The first-order valence-corrected chi connectivity index (χ1v) is 13.2. The maximum Gasteiger partial charge on any atom is 0.267 e. The van der Waals surface area contributed by atoms with Gasteiger partial charge in [0, 0.05) is 31.2 Å². The van der Waals surface area contributed by atoms with E-state index in [1.54, 1.807) is 51.4 Å². The second kappa shape index (κ2) is 10.5. The SMILES string of the molecule is CC[C@@H](NC(=O)c1c(C)nn2cccnc12)c1nc2cccc(C#Cc3cnn(C)c3)c2c(=O)n1-c1ccccc1. The van der Waals surface area contributed by atoms with Crippen molar-refractivity contribution in [3.05, 3.63) is 118 Å². The summed E-state index contributed by atoms with van der Waals surface area (Å²) < 4.78 is 4.81. The molecule has 10 nitrogen and oxygen atoms in total. The van der Waals surface area contributed by atoms with E-state index in [0.717, 1.165) is 5.56 Å². The number of fused-ring (bicyclic) bond motifs is 2. The molecule has 0 saturated carbocycles. The van der Waals surface area contributed by atoms with Gasteiger partial charge in [-0.25, -0.2) is 14.5 Å². The van der Waals surface area contributed by atoms with Crippen molar-refractivity contribution < 1.29 is 4.79 Å². The fourth-order valence-electron chi connectivity index (χ4n) is 4.88. The number of carbonyl (C=O) groups is 1. The average Bonchev–Trinajstić information content (AvgIpc) is 3.56. The Labute approximate surface area is 235 Å². The van der Waals surface area contributed by atoms with E-state index in [-0.39, 0.29) is 11.5 Å². The van der Waals surface area contributed by atoms with Gasteiger partial charge in [0.15, 0.2) is 5.65 Å². The molecule has 0 bridgehead atoms. The third-order valence-electron chi connectivity index (χ3n) is 6.81. The molecule has 0 aliphatic carbocycles. The molecule has 0 aliphatic heterocycles. The minimum atomic E-state index is -0.581. The normalized spacial score (nSPS) is 11.8. The number of aromatic nitrogens is 7. The van der Waals surface area contributed by atoms with Crippen molar-refractivity contribution in [2.75, 3.05) is 0 Å². The Bertz CT molecular complexity index is 2040. The van der Waals surface area contributed by atoms with Crippen LogP contribution in [0.5, 0.6) is 0 Å². The predicted molar refractivity (Wildman–Crippen MR) is 155 cm³/mol. The van der Waals surface area contributed by atoms with Crippen molar-refractivity contribution in [1.29, 1.82) is 0 Å². The summed E-state index contributed by atoms with van der Waals surface area (Å²) >= 11 is 0. The Morgan fingerprint density at radius 2 is 1.90 bits per heavy atom. The van der Waals surface area contributed by atoms with Gasteiger partial charge in [0.1, 0.15) is 11.4 Å². The van der Waals surface area contributed by atoms with Crippen LogP contribution >= 0.6 is 0 Å². The number of amides is 1. The topological polar surface area (TPSA) is 112 Å². The molecule has 6 rings (SSSR count). The van der Waals surface area contributed by atoms with Gasteiger partial charge in [-0.1, -0.05) is 43.0 Å². The Morgan fingerprint density at radius 1 is 1.07 bits per heavy atom. The molecular formula is C31H26N8O2.